The number of nitrogens with zero attached hydrogens (tertiary/aromatic N) is 3. The maximum atomic E-state index is 15.1. The van der Waals surface area contributed by atoms with Gasteiger partial charge in [-0.1, -0.05) is 68.4 Å². The van der Waals surface area contributed by atoms with Crippen LogP contribution in [0.2, 0.25) is 0 Å². The Balaban J connectivity index is 1.41. The van der Waals surface area contributed by atoms with E-state index in [0.29, 0.717) is 37.3 Å². The number of carbonyl (C=O) groups is 2. The van der Waals surface area contributed by atoms with E-state index in [4.69, 9.17) is 5.84 Å². The van der Waals surface area contributed by atoms with Gasteiger partial charge in [-0.05, 0) is 87.8 Å². The zero-order chi connectivity index (χ0) is 31.6. The van der Waals surface area contributed by atoms with E-state index in [9.17, 15) is 14.7 Å². The molecule has 0 aromatic heterocycles. The Morgan fingerprint density at radius 2 is 1.91 bits per heavy atom. The van der Waals surface area contributed by atoms with Crippen molar-refractivity contribution in [2.75, 3.05) is 26.2 Å². The van der Waals surface area contributed by atoms with Gasteiger partial charge < -0.3 is 10.0 Å². The molecule has 5 atom stereocenters. The van der Waals surface area contributed by atoms with E-state index in [2.05, 4.69) is 37.8 Å². The molecule has 1 aromatic rings. The zero-order valence-electron chi connectivity index (χ0n) is 27.0. The average molecular weight is 607 g/mol. The maximum absolute atomic E-state index is 15.1. The molecule has 2 aliphatic heterocycles. The van der Waals surface area contributed by atoms with E-state index in [1.807, 2.05) is 12.2 Å². The van der Waals surface area contributed by atoms with Crippen molar-refractivity contribution in [1.82, 2.24) is 14.8 Å². The Morgan fingerprint density at radius 3 is 2.59 bits per heavy atom. The number of aliphatic hydroxyl groups is 1. The number of benzene rings is 1. The summed E-state index contributed by atoms with van der Waals surface area (Å²) in [6.45, 7) is 10.9. The van der Waals surface area contributed by atoms with Crippen LogP contribution in [0, 0.1) is 30.0 Å². The zero-order valence-corrected chi connectivity index (χ0v) is 27.0. The van der Waals surface area contributed by atoms with Crippen molar-refractivity contribution in [3.05, 3.63) is 70.6 Å². The molecule has 3 N–H and O–H groups in total. The standard InChI is InChI=1S/C36H51FN4O3/c1-24-9-5-14-31(37)32(24)35(44)40-20-8-13-30(34(43)41(38)28-11-6-10-27(21-28)36(2,3)4)33(40)26-17-15-25(16-18-26)22-39-19-7-12-29(39)23-42/h5-6,9-11,14,17,25,28-30,33,42H,7-8,12-13,15-16,18-23,38H2,1-4H3/t25?,28?,29-,30-,33-/m0/s1. The number of amides is 2. The third-order valence-electron chi connectivity index (χ3n) is 10.4. The third kappa shape index (κ3) is 6.87. The van der Waals surface area contributed by atoms with Gasteiger partial charge in [0, 0.05) is 19.1 Å². The van der Waals surface area contributed by atoms with Gasteiger partial charge >= 0.3 is 0 Å². The number of hydrogen-bond acceptors (Lipinski definition) is 5. The quantitative estimate of drug-likeness (QED) is 0.184. The summed E-state index contributed by atoms with van der Waals surface area (Å²) in [6.07, 6.45) is 15.0. The summed E-state index contributed by atoms with van der Waals surface area (Å²) >= 11 is 0. The first-order chi connectivity index (χ1) is 21.0. The highest BCUT2D eigenvalue weighted by molar-refractivity contribution is 5.97. The van der Waals surface area contributed by atoms with E-state index in [1.54, 1.807) is 24.0 Å². The lowest BCUT2D eigenvalue weighted by Gasteiger charge is -2.45. The molecule has 2 fully saturated rings. The number of hydrogen-bond donors (Lipinski definition) is 2. The van der Waals surface area contributed by atoms with Gasteiger partial charge in [-0.2, -0.15) is 0 Å². The van der Waals surface area contributed by atoms with Crippen LogP contribution in [-0.4, -0.2) is 76.1 Å². The second-order valence-electron chi connectivity index (χ2n) is 14.4. The van der Waals surface area contributed by atoms with Crippen molar-refractivity contribution in [1.29, 1.82) is 0 Å². The highest BCUT2D eigenvalue weighted by atomic mass is 19.1. The summed E-state index contributed by atoms with van der Waals surface area (Å²) in [6, 6.07) is 4.25. The highest BCUT2D eigenvalue weighted by Crippen LogP contribution is 2.39. The Kier molecular flexibility index (Phi) is 10.1. The molecule has 5 rings (SSSR count). The molecule has 2 unspecified atom stereocenters. The van der Waals surface area contributed by atoms with Crippen molar-refractivity contribution in [3.63, 3.8) is 0 Å². The fourth-order valence-corrected chi connectivity index (χ4v) is 7.77. The van der Waals surface area contributed by atoms with Gasteiger partial charge in [0.2, 0.25) is 5.91 Å². The number of nitrogens with two attached hydrogens (primary N) is 1. The Hall–Kier alpha value is -2.81. The van der Waals surface area contributed by atoms with Crippen LogP contribution in [0.15, 0.2) is 53.6 Å². The average Bonchev–Trinajstić information content (AvgIpc) is 3.47. The lowest BCUT2D eigenvalue weighted by atomic mass is 9.77. The molecule has 0 radical (unpaired) electrons. The highest BCUT2D eigenvalue weighted by Gasteiger charge is 2.44. The summed E-state index contributed by atoms with van der Waals surface area (Å²) in [5.41, 5.74) is 2.98. The Morgan fingerprint density at radius 1 is 1.14 bits per heavy atom. The van der Waals surface area contributed by atoms with E-state index in [0.717, 1.165) is 50.8 Å². The molecule has 2 amide bonds. The number of hydrazine groups is 1. The van der Waals surface area contributed by atoms with Crippen LogP contribution in [0.25, 0.3) is 0 Å². The van der Waals surface area contributed by atoms with Gasteiger partial charge in [0.1, 0.15) is 5.82 Å². The fraction of sp³-hybridized carbons (Fsp3) is 0.611. The topological polar surface area (TPSA) is 90.1 Å². The van der Waals surface area contributed by atoms with Gasteiger partial charge in [0.05, 0.1) is 30.2 Å². The molecule has 4 aliphatic rings. The number of allylic oxidation sites excluding steroid dienone is 3. The van der Waals surface area contributed by atoms with Crippen molar-refractivity contribution < 1.29 is 19.1 Å². The summed E-state index contributed by atoms with van der Waals surface area (Å²) < 4.78 is 15.1. The van der Waals surface area contributed by atoms with Crippen molar-refractivity contribution in [2.45, 2.75) is 97.2 Å². The first kappa shape index (κ1) is 32.6. The van der Waals surface area contributed by atoms with E-state index in [-0.39, 0.29) is 41.5 Å². The summed E-state index contributed by atoms with van der Waals surface area (Å²) in [7, 11) is 0. The predicted octanol–water partition coefficient (Wildman–Crippen LogP) is 5.54. The van der Waals surface area contributed by atoms with E-state index >= 15 is 4.39 Å². The van der Waals surface area contributed by atoms with Crippen LogP contribution >= 0.6 is 0 Å². The smallest absolute Gasteiger partial charge is 0.257 e. The molecule has 0 saturated carbocycles. The molecule has 2 heterocycles. The minimum absolute atomic E-state index is 0.0309. The van der Waals surface area contributed by atoms with Crippen molar-refractivity contribution in [2.24, 2.45) is 23.1 Å². The molecule has 2 saturated heterocycles. The van der Waals surface area contributed by atoms with Crippen molar-refractivity contribution in [3.8, 4) is 0 Å². The minimum Gasteiger partial charge on any atom is -0.395 e. The van der Waals surface area contributed by atoms with Crippen LogP contribution in [0.1, 0.15) is 88.1 Å². The molecule has 0 bridgehead atoms. The van der Waals surface area contributed by atoms with Crippen LogP contribution < -0.4 is 5.84 Å². The molecule has 8 heteroatoms. The van der Waals surface area contributed by atoms with E-state index < -0.39 is 17.8 Å². The van der Waals surface area contributed by atoms with Gasteiger partial charge in [-0.25, -0.2) is 10.2 Å². The SMILES string of the molecule is Cc1cccc(F)c1C(=O)N1CCC[C@H](C(=O)N(N)C2C=CC=C(C(C)(C)C)C2)[C@@H]1C1=CCC(CN2CCC[C@H]2CO)CC1. The number of halogens is 1. The van der Waals surface area contributed by atoms with E-state index in [1.165, 1.54) is 16.6 Å². The predicted molar refractivity (Wildman–Crippen MR) is 172 cm³/mol. The number of aryl methyl sites for hydroxylation is 1. The largest absolute Gasteiger partial charge is 0.395 e. The first-order valence-electron chi connectivity index (χ1n) is 16.5. The Bertz CT molecular complexity index is 1290. The normalized spacial score (nSPS) is 28.1. The second-order valence-corrected chi connectivity index (χ2v) is 14.4. The molecule has 0 spiro atoms. The summed E-state index contributed by atoms with van der Waals surface area (Å²) in [5.74, 6) is 5.56. The third-order valence-corrected chi connectivity index (χ3v) is 10.4. The molecular weight excluding hydrogens is 555 g/mol. The first-order valence-corrected chi connectivity index (χ1v) is 16.5. The number of piperidine rings is 1. The number of carbonyl (C=O) groups excluding carboxylic acids is 2. The number of rotatable bonds is 7. The maximum Gasteiger partial charge on any atom is 0.257 e. The van der Waals surface area contributed by atoms with Gasteiger partial charge in [0.25, 0.3) is 5.91 Å². The number of aliphatic hydroxyl groups excluding tert-OH is 1. The van der Waals surface area contributed by atoms with Crippen molar-refractivity contribution >= 4 is 11.8 Å². The van der Waals surface area contributed by atoms with Crippen LogP contribution in [-0.2, 0) is 4.79 Å². The Labute approximate surface area is 262 Å². The molecule has 1 aromatic carbocycles. The second kappa shape index (κ2) is 13.7. The van der Waals surface area contributed by atoms with Gasteiger partial charge in [-0.15, -0.1) is 0 Å². The van der Waals surface area contributed by atoms with Crippen LogP contribution in [0.5, 0.6) is 0 Å². The van der Waals surface area contributed by atoms with Crippen LogP contribution in [0.3, 0.4) is 0 Å². The molecule has 240 valence electrons. The molecular formula is C36H51FN4O3. The van der Waals surface area contributed by atoms with Crippen LogP contribution in [0.4, 0.5) is 4.39 Å². The summed E-state index contributed by atoms with van der Waals surface area (Å²) in [4.78, 5) is 32.6. The lowest BCUT2D eigenvalue weighted by molar-refractivity contribution is -0.140. The number of likely N-dealkylation sites (tertiary alicyclic amines) is 2. The van der Waals surface area contributed by atoms with Gasteiger partial charge in [-0.3, -0.25) is 19.5 Å². The lowest BCUT2D eigenvalue weighted by Crippen LogP contribution is -2.57. The minimum atomic E-state index is -0.529. The monoisotopic (exact) mass is 606 g/mol. The fourth-order valence-electron chi connectivity index (χ4n) is 7.77. The van der Waals surface area contributed by atoms with Gasteiger partial charge in [0.15, 0.2) is 0 Å². The molecule has 44 heavy (non-hydrogen) atoms. The molecule has 2 aliphatic carbocycles. The molecule has 7 nitrogen and oxygen atoms in total. The summed E-state index contributed by atoms with van der Waals surface area (Å²) in [5, 5.41) is 11.2.